The van der Waals surface area contributed by atoms with Gasteiger partial charge < -0.3 is 0 Å². The van der Waals surface area contributed by atoms with Gasteiger partial charge in [-0.05, 0) is 35.9 Å². The van der Waals surface area contributed by atoms with Gasteiger partial charge in [0.05, 0.1) is 28.6 Å². The van der Waals surface area contributed by atoms with Gasteiger partial charge in [0, 0.05) is 45.4 Å². The van der Waals surface area contributed by atoms with Gasteiger partial charge in [0.1, 0.15) is 5.82 Å². The first-order valence-corrected chi connectivity index (χ1v) is 14.2. The average molecular weight is 552 g/mol. The lowest BCUT2D eigenvalue weighted by molar-refractivity contribution is 1.08. The molecule has 0 unspecified atom stereocenters. The van der Waals surface area contributed by atoms with E-state index in [1.54, 1.807) is 0 Å². The molecule has 4 aromatic carbocycles. The number of benzene rings is 4. The lowest BCUT2D eigenvalue weighted by atomic mass is 10.0. The van der Waals surface area contributed by atoms with Crippen molar-refractivity contribution in [2.75, 3.05) is 0 Å². The second kappa shape index (κ2) is 10.5. The zero-order valence-corrected chi connectivity index (χ0v) is 23.2. The highest BCUT2D eigenvalue weighted by molar-refractivity contribution is 6.08. The number of hydrogen-bond donors (Lipinski definition) is 0. The smallest absolute Gasteiger partial charge is 0.160 e. The molecule has 0 radical (unpaired) electrons. The van der Waals surface area contributed by atoms with Gasteiger partial charge in [0.25, 0.3) is 0 Å². The minimum atomic E-state index is 0.709. The Bertz CT molecular complexity index is 2090. The van der Waals surface area contributed by atoms with Gasteiger partial charge in [-0.25, -0.2) is 15.0 Å². The predicted octanol–water partition coefficient (Wildman–Crippen LogP) is 9.03. The first-order chi connectivity index (χ1) is 21.3. The van der Waals surface area contributed by atoms with E-state index in [0.717, 1.165) is 56.1 Å². The molecule has 0 bridgehead atoms. The van der Waals surface area contributed by atoms with Gasteiger partial charge >= 0.3 is 0 Å². The SMILES string of the molecule is c1ccc(-c2cc(-c3ccc(-c4ccc(-n5c6ccccc6c6ccncc65)nc4)cc3)nc(-c3ccccc3)n2)cc1. The summed E-state index contributed by atoms with van der Waals surface area (Å²) in [4.78, 5) is 19.1. The summed E-state index contributed by atoms with van der Waals surface area (Å²) in [5.74, 6) is 1.57. The maximum absolute atomic E-state index is 4.96. The van der Waals surface area contributed by atoms with E-state index in [2.05, 4.69) is 94.5 Å². The van der Waals surface area contributed by atoms with Crippen molar-refractivity contribution in [3.8, 4) is 50.8 Å². The molecule has 4 aromatic heterocycles. The zero-order valence-electron chi connectivity index (χ0n) is 23.2. The maximum Gasteiger partial charge on any atom is 0.160 e. The molecule has 8 rings (SSSR count). The summed E-state index contributed by atoms with van der Waals surface area (Å²) >= 11 is 0. The van der Waals surface area contributed by atoms with Crippen molar-refractivity contribution in [3.63, 3.8) is 0 Å². The highest BCUT2D eigenvalue weighted by Gasteiger charge is 2.14. The molecule has 0 aliphatic heterocycles. The van der Waals surface area contributed by atoms with Gasteiger partial charge in [-0.15, -0.1) is 0 Å². The standard InChI is InChI=1S/C38H25N5/c1-3-9-27(10-4-1)33-23-34(42-38(41-33)29-11-5-2-6-12-29)28-17-15-26(16-18-28)30-19-20-37(40-24-30)43-35-14-8-7-13-31(35)32-21-22-39-25-36(32)43/h1-25H. The molecule has 0 fully saturated rings. The quantitative estimate of drug-likeness (QED) is 0.214. The average Bonchev–Trinajstić information content (AvgIpc) is 3.43. The topological polar surface area (TPSA) is 56.5 Å². The molecule has 0 N–H and O–H groups in total. The molecule has 0 atom stereocenters. The van der Waals surface area contributed by atoms with Crippen LogP contribution in [0.25, 0.3) is 72.7 Å². The van der Waals surface area contributed by atoms with Gasteiger partial charge in [0.2, 0.25) is 0 Å². The molecule has 4 heterocycles. The number of hydrogen-bond acceptors (Lipinski definition) is 4. The van der Waals surface area contributed by atoms with Crippen molar-refractivity contribution in [2.24, 2.45) is 0 Å². The van der Waals surface area contributed by atoms with Gasteiger partial charge in [0.15, 0.2) is 5.82 Å². The highest BCUT2D eigenvalue weighted by Crippen LogP contribution is 2.32. The Hall–Kier alpha value is -5.94. The van der Waals surface area contributed by atoms with Crippen LogP contribution in [0.5, 0.6) is 0 Å². The molecular weight excluding hydrogens is 526 g/mol. The second-order valence-corrected chi connectivity index (χ2v) is 10.4. The van der Waals surface area contributed by atoms with Crippen LogP contribution in [0.1, 0.15) is 0 Å². The van der Waals surface area contributed by atoms with Crippen molar-refractivity contribution in [2.45, 2.75) is 0 Å². The second-order valence-electron chi connectivity index (χ2n) is 10.4. The van der Waals surface area contributed by atoms with E-state index in [0.29, 0.717) is 5.82 Å². The van der Waals surface area contributed by atoms with Crippen LogP contribution in [0.15, 0.2) is 152 Å². The van der Waals surface area contributed by atoms with E-state index in [-0.39, 0.29) is 0 Å². The molecule has 0 saturated carbocycles. The maximum atomic E-state index is 4.96. The third-order valence-electron chi connectivity index (χ3n) is 7.79. The Morgan fingerprint density at radius 3 is 1.77 bits per heavy atom. The molecular formula is C38H25N5. The summed E-state index contributed by atoms with van der Waals surface area (Å²) in [7, 11) is 0. The number of pyridine rings is 2. The fraction of sp³-hybridized carbons (Fsp3) is 0. The molecule has 5 nitrogen and oxygen atoms in total. The summed E-state index contributed by atoms with van der Waals surface area (Å²) in [5.41, 5.74) is 9.16. The summed E-state index contributed by atoms with van der Waals surface area (Å²) in [6, 6.07) is 45.6. The Kier molecular flexibility index (Phi) is 6.05. The molecule has 0 aliphatic carbocycles. The van der Waals surface area contributed by atoms with Gasteiger partial charge in [-0.2, -0.15) is 0 Å². The monoisotopic (exact) mass is 551 g/mol. The lowest BCUT2D eigenvalue weighted by Gasteiger charge is -2.10. The minimum Gasteiger partial charge on any atom is -0.292 e. The van der Waals surface area contributed by atoms with Gasteiger partial charge in [-0.1, -0.05) is 103 Å². The summed E-state index contributed by atoms with van der Waals surface area (Å²) in [6.07, 6.45) is 5.68. The van der Waals surface area contributed by atoms with Crippen molar-refractivity contribution in [1.29, 1.82) is 0 Å². The molecule has 0 saturated heterocycles. The largest absolute Gasteiger partial charge is 0.292 e. The van der Waals surface area contributed by atoms with Crippen LogP contribution in [-0.4, -0.2) is 24.5 Å². The van der Waals surface area contributed by atoms with Crippen LogP contribution < -0.4 is 0 Å². The number of rotatable bonds is 5. The van der Waals surface area contributed by atoms with Crippen molar-refractivity contribution in [1.82, 2.24) is 24.5 Å². The Labute approximate surface area is 248 Å². The van der Waals surface area contributed by atoms with E-state index in [4.69, 9.17) is 15.0 Å². The first kappa shape index (κ1) is 24.8. The summed E-state index contributed by atoms with van der Waals surface area (Å²) in [5, 5.41) is 2.36. The molecule has 0 amide bonds. The van der Waals surface area contributed by atoms with Crippen LogP contribution in [0.4, 0.5) is 0 Å². The normalized spacial score (nSPS) is 11.3. The predicted molar refractivity (Wildman–Crippen MR) is 174 cm³/mol. The Morgan fingerprint density at radius 2 is 1.05 bits per heavy atom. The van der Waals surface area contributed by atoms with E-state index in [1.807, 2.05) is 67.1 Å². The van der Waals surface area contributed by atoms with E-state index >= 15 is 0 Å². The zero-order chi connectivity index (χ0) is 28.6. The number of nitrogens with zero attached hydrogens (tertiary/aromatic N) is 5. The Morgan fingerprint density at radius 1 is 0.442 bits per heavy atom. The molecule has 0 spiro atoms. The van der Waals surface area contributed by atoms with E-state index in [1.165, 1.54) is 10.8 Å². The summed E-state index contributed by atoms with van der Waals surface area (Å²) in [6.45, 7) is 0. The fourth-order valence-electron chi connectivity index (χ4n) is 5.66. The van der Waals surface area contributed by atoms with Crippen LogP contribution >= 0.6 is 0 Å². The number of aromatic nitrogens is 5. The Balaban J connectivity index is 1.15. The van der Waals surface area contributed by atoms with Crippen LogP contribution in [-0.2, 0) is 0 Å². The lowest BCUT2D eigenvalue weighted by Crippen LogP contribution is -1.97. The van der Waals surface area contributed by atoms with Crippen LogP contribution in [0, 0.1) is 0 Å². The van der Waals surface area contributed by atoms with Crippen LogP contribution in [0.3, 0.4) is 0 Å². The number of fused-ring (bicyclic) bond motifs is 3. The minimum absolute atomic E-state index is 0.709. The summed E-state index contributed by atoms with van der Waals surface area (Å²) < 4.78 is 2.17. The number of para-hydroxylation sites is 1. The first-order valence-electron chi connectivity index (χ1n) is 14.2. The van der Waals surface area contributed by atoms with Crippen molar-refractivity contribution >= 4 is 21.8 Å². The third-order valence-corrected chi connectivity index (χ3v) is 7.79. The van der Waals surface area contributed by atoms with Crippen LogP contribution in [0.2, 0.25) is 0 Å². The molecule has 202 valence electrons. The molecule has 43 heavy (non-hydrogen) atoms. The highest BCUT2D eigenvalue weighted by atomic mass is 15.1. The van der Waals surface area contributed by atoms with Crippen molar-refractivity contribution in [3.05, 3.63) is 152 Å². The third kappa shape index (κ3) is 4.53. The van der Waals surface area contributed by atoms with Crippen molar-refractivity contribution < 1.29 is 0 Å². The molecule has 0 aliphatic rings. The van der Waals surface area contributed by atoms with E-state index < -0.39 is 0 Å². The fourth-order valence-corrected chi connectivity index (χ4v) is 5.66. The molecule has 5 heteroatoms. The van der Waals surface area contributed by atoms with Gasteiger partial charge in [-0.3, -0.25) is 9.55 Å². The molecule has 8 aromatic rings. The van der Waals surface area contributed by atoms with E-state index in [9.17, 15) is 0 Å².